The molecule has 1 aromatic rings. The van der Waals surface area contributed by atoms with E-state index < -0.39 is 0 Å². The van der Waals surface area contributed by atoms with E-state index in [1.807, 2.05) is 0 Å². The lowest BCUT2D eigenvalue weighted by atomic mass is 9.86. The van der Waals surface area contributed by atoms with E-state index in [9.17, 15) is 0 Å². The van der Waals surface area contributed by atoms with Gasteiger partial charge in [0.1, 0.15) is 0 Å². The number of likely N-dealkylation sites (N-methyl/N-ethyl adjacent to an activating group) is 1. The molecule has 1 rings (SSSR count). The van der Waals surface area contributed by atoms with Crippen molar-refractivity contribution in [2.45, 2.75) is 46.1 Å². The molecule has 0 saturated carbocycles. The van der Waals surface area contributed by atoms with Crippen LogP contribution in [0, 0.1) is 0 Å². The van der Waals surface area contributed by atoms with Gasteiger partial charge in [-0.15, -0.1) is 0 Å². The second kappa shape index (κ2) is 6.35. The summed E-state index contributed by atoms with van der Waals surface area (Å²) < 4.78 is 0. The van der Waals surface area contributed by atoms with Crippen molar-refractivity contribution in [3.05, 3.63) is 35.4 Å². The van der Waals surface area contributed by atoms with Gasteiger partial charge in [-0.05, 0) is 29.6 Å². The van der Waals surface area contributed by atoms with Crippen LogP contribution < -0.4 is 5.73 Å². The summed E-state index contributed by atoms with van der Waals surface area (Å²) in [4.78, 5) is 2.41. The van der Waals surface area contributed by atoms with E-state index in [1.54, 1.807) is 0 Å². The van der Waals surface area contributed by atoms with Gasteiger partial charge in [0.25, 0.3) is 0 Å². The summed E-state index contributed by atoms with van der Waals surface area (Å²) in [5.41, 5.74) is 8.86. The Kier molecular flexibility index (Phi) is 5.36. The number of nitrogens with two attached hydrogens (primary N) is 1. The molecule has 0 spiro atoms. The third-order valence-electron chi connectivity index (χ3n) is 3.64. The molecule has 0 amide bonds. The molecule has 0 aromatic heterocycles. The van der Waals surface area contributed by atoms with Gasteiger partial charge in [-0.1, -0.05) is 58.9 Å². The van der Waals surface area contributed by atoms with Crippen LogP contribution >= 0.6 is 0 Å². The topological polar surface area (TPSA) is 29.3 Å². The molecule has 0 aliphatic rings. The molecule has 2 N–H and O–H groups in total. The van der Waals surface area contributed by atoms with Crippen LogP contribution in [0.1, 0.15) is 51.8 Å². The molecule has 2 nitrogen and oxygen atoms in total. The molecule has 0 radical (unpaired) electrons. The molecule has 102 valence electrons. The van der Waals surface area contributed by atoms with E-state index in [0.717, 1.165) is 13.1 Å². The molecular weight excluding hydrogens is 220 g/mol. The summed E-state index contributed by atoms with van der Waals surface area (Å²) in [6.45, 7) is 13.9. The van der Waals surface area contributed by atoms with E-state index in [0.29, 0.717) is 12.6 Å². The van der Waals surface area contributed by atoms with Crippen molar-refractivity contribution in [2.24, 2.45) is 5.73 Å². The van der Waals surface area contributed by atoms with Gasteiger partial charge in [-0.3, -0.25) is 4.90 Å². The van der Waals surface area contributed by atoms with Gasteiger partial charge in [0, 0.05) is 12.6 Å². The second-order valence-corrected chi connectivity index (χ2v) is 5.84. The van der Waals surface area contributed by atoms with Crippen molar-refractivity contribution in [3.63, 3.8) is 0 Å². The first-order chi connectivity index (χ1) is 8.43. The summed E-state index contributed by atoms with van der Waals surface area (Å²) in [5.74, 6) is 0. The molecule has 0 saturated heterocycles. The SMILES string of the molecule is CCN(CC)[C@@H](CN)c1ccc(C(C)(C)C)cc1. The number of hydrogen-bond donors (Lipinski definition) is 1. The smallest absolute Gasteiger partial charge is 0.0470 e. The van der Waals surface area contributed by atoms with E-state index in [1.165, 1.54) is 11.1 Å². The van der Waals surface area contributed by atoms with Crippen molar-refractivity contribution in [2.75, 3.05) is 19.6 Å². The zero-order valence-corrected chi connectivity index (χ0v) is 12.5. The Morgan fingerprint density at radius 2 is 1.56 bits per heavy atom. The minimum atomic E-state index is 0.214. The maximum absolute atomic E-state index is 5.94. The lowest BCUT2D eigenvalue weighted by Gasteiger charge is -2.29. The average Bonchev–Trinajstić information content (AvgIpc) is 2.35. The number of hydrogen-bond acceptors (Lipinski definition) is 2. The quantitative estimate of drug-likeness (QED) is 0.866. The highest BCUT2D eigenvalue weighted by molar-refractivity contribution is 5.29. The molecule has 1 aromatic carbocycles. The van der Waals surface area contributed by atoms with Crippen LogP contribution in [0.3, 0.4) is 0 Å². The lowest BCUT2D eigenvalue weighted by molar-refractivity contribution is 0.224. The minimum Gasteiger partial charge on any atom is -0.329 e. The summed E-state index contributed by atoms with van der Waals surface area (Å²) in [7, 11) is 0. The highest BCUT2D eigenvalue weighted by Gasteiger charge is 2.18. The fourth-order valence-electron chi connectivity index (χ4n) is 2.37. The van der Waals surface area contributed by atoms with Crippen LogP contribution in [0.15, 0.2) is 24.3 Å². The molecular formula is C16H28N2. The molecule has 0 bridgehead atoms. The van der Waals surface area contributed by atoms with Crippen molar-refractivity contribution in [3.8, 4) is 0 Å². The Hall–Kier alpha value is -0.860. The molecule has 18 heavy (non-hydrogen) atoms. The molecule has 0 aliphatic heterocycles. The van der Waals surface area contributed by atoms with Gasteiger partial charge in [-0.2, -0.15) is 0 Å². The van der Waals surface area contributed by atoms with E-state index >= 15 is 0 Å². The van der Waals surface area contributed by atoms with Crippen molar-refractivity contribution >= 4 is 0 Å². The second-order valence-electron chi connectivity index (χ2n) is 5.84. The standard InChI is InChI=1S/C16H28N2/c1-6-18(7-2)15(12-17)13-8-10-14(11-9-13)16(3,4)5/h8-11,15H,6-7,12,17H2,1-5H3/t15-/m0/s1. The third-order valence-corrected chi connectivity index (χ3v) is 3.64. The van der Waals surface area contributed by atoms with Gasteiger partial charge in [0.05, 0.1) is 0 Å². The predicted molar refractivity (Wildman–Crippen MR) is 79.9 cm³/mol. The predicted octanol–water partition coefficient (Wildman–Crippen LogP) is 3.33. The van der Waals surface area contributed by atoms with Crippen molar-refractivity contribution in [1.29, 1.82) is 0 Å². The Bertz CT molecular complexity index is 344. The minimum absolute atomic E-state index is 0.214. The normalized spacial score (nSPS) is 13.9. The fraction of sp³-hybridized carbons (Fsp3) is 0.625. The Labute approximate surface area is 112 Å². The first-order valence-corrected chi connectivity index (χ1v) is 6.98. The van der Waals surface area contributed by atoms with Crippen molar-refractivity contribution in [1.82, 2.24) is 4.90 Å². The zero-order chi connectivity index (χ0) is 13.8. The Morgan fingerprint density at radius 3 is 1.89 bits per heavy atom. The van der Waals surface area contributed by atoms with E-state index in [2.05, 4.69) is 63.8 Å². The van der Waals surface area contributed by atoms with Gasteiger partial charge in [0.2, 0.25) is 0 Å². The molecule has 0 unspecified atom stereocenters. The van der Waals surface area contributed by atoms with Crippen LogP contribution in [-0.2, 0) is 5.41 Å². The summed E-state index contributed by atoms with van der Waals surface area (Å²) in [6, 6.07) is 9.28. The Balaban J connectivity index is 2.95. The van der Waals surface area contributed by atoms with Crippen LogP contribution in [-0.4, -0.2) is 24.5 Å². The van der Waals surface area contributed by atoms with Crippen LogP contribution in [0.5, 0.6) is 0 Å². The molecule has 0 heterocycles. The van der Waals surface area contributed by atoms with Gasteiger partial charge in [-0.25, -0.2) is 0 Å². The van der Waals surface area contributed by atoms with Gasteiger partial charge < -0.3 is 5.73 Å². The molecule has 0 fully saturated rings. The first kappa shape index (κ1) is 15.2. The largest absolute Gasteiger partial charge is 0.329 e. The average molecular weight is 248 g/mol. The number of benzene rings is 1. The molecule has 0 aliphatic carbocycles. The van der Waals surface area contributed by atoms with Crippen LogP contribution in [0.4, 0.5) is 0 Å². The van der Waals surface area contributed by atoms with Gasteiger partial charge >= 0.3 is 0 Å². The third kappa shape index (κ3) is 3.56. The highest BCUT2D eigenvalue weighted by atomic mass is 15.2. The van der Waals surface area contributed by atoms with Crippen LogP contribution in [0.2, 0.25) is 0 Å². The summed E-state index contributed by atoms with van der Waals surface area (Å²) >= 11 is 0. The maximum atomic E-state index is 5.94. The van der Waals surface area contributed by atoms with Gasteiger partial charge in [0.15, 0.2) is 0 Å². The number of rotatable bonds is 5. The number of nitrogens with zero attached hydrogens (tertiary/aromatic N) is 1. The first-order valence-electron chi connectivity index (χ1n) is 6.98. The fourth-order valence-corrected chi connectivity index (χ4v) is 2.37. The summed E-state index contributed by atoms with van der Waals surface area (Å²) in [6.07, 6.45) is 0. The lowest BCUT2D eigenvalue weighted by Crippen LogP contribution is -2.33. The highest BCUT2D eigenvalue weighted by Crippen LogP contribution is 2.25. The Morgan fingerprint density at radius 1 is 1.06 bits per heavy atom. The van der Waals surface area contributed by atoms with E-state index in [4.69, 9.17) is 5.73 Å². The van der Waals surface area contributed by atoms with E-state index in [-0.39, 0.29) is 5.41 Å². The summed E-state index contributed by atoms with van der Waals surface area (Å²) in [5, 5.41) is 0. The molecule has 1 atom stereocenters. The molecule has 2 heteroatoms. The van der Waals surface area contributed by atoms with Crippen LogP contribution in [0.25, 0.3) is 0 Å². The van der Waals surface area contributed by atoms with Crippen molar-refractivity contribution < 1.29 is 0 Å². The monoisotopic (exact) mass is 248 g/mol. The maximum Gasteiger partial charge on any atom is 0.0470 e. The zero-order valence-electron chi connectivity index (χ0n) is 12.5.